The molecule has 0 saturated carbocycles. The van der Waals surface area contributed by atoms with Crippen LogP contribution in [0.5, 0.6) is 0 Å². The minimum Gasteiger partial charge on any atom is -0.385 e. The summed E-state index contributed by atoms with van der Waals surface area (Å²) in [4.78, 5) is 4.04. The van der Waals surface area contributed by atoms with Crippen LogP contribution in [0.3, 0.4) is 0 Å². The summed E-state index contributed by atoms with van der Waals surface area (Å²) in [5.41, 5.74) is 3.85. The van der Waals surface area contributed by atoms with Gasteiger partial charge in [-0.2, -0.15) is 0 Å². The number of aromatic nitrogens is 1. The Bertz CT molecular complexity index is 626. The number of nitrogens with one attached hydrogen (secondary N) is 1. The molecule has 0 amide bonds. The Morgan fingerprint density at radius 3 is 1.82 bits per heavy atom. The molecule has 0 unspecified atom stereocenters. The number of hydrogen-bond donors (Lipinski definition) is 1. The second-order valence-corrected chi connectivity index (χ2v) is 5.33. The first-order valence-electron chi connectivity index (χ1n) is 7.67. The van der Waals surface area contributed by atoms with Gasteiger partial charge in [0.1, 0.15) is 0 Å². The number of anilines is 1. The topological polar surface area (TPSA) is 24.9 Å². The third-order valence-electron chi connectivity index (χ3n) is 3.85. The number of nitrogens with zero attached hydrogens (tertiary/aromatic N) is 1. The van der Waals surface area contributed by atoms with E-state index in [0.717, 1.165) is 18.7 Å². The average Bonchev–Trinajstić information content (AvgIpc) is 2.61. The molecule has 2 nitrogen and oxygen atoms in total. The lowest BCUT2D eigenvalue weighted by Crippen LogP contribution is -2.09. The van der Waals surface area contributed by atoms with Crippen LogP contribution in [0, 0.1) is 0 Å². The van der Waals surface area contributed by atoms with E-state index < -0.39 is 0 Å². The van der Waals surface area contributed by atoms with Gasteiger partial charge in [-0.3, -0.25) is 4.98 Å². The van der Waals surface area contributed by atoms with Gasteiger partial charge >= 0.3 is 0 Å². The summed E-state index contributed by atoms with van der Waals surface area (Å²) in [6.07, 6.45) is 4.68. The Kier molecular flexibility index (Phi) is 4.83. The van der Waals surface area contributed by atoms with Gasteiger partial charge in [-0.05, 0) is 29.7 Å². The van der Waals surface area contributed by atoms with Gasteiger partial charge in [0.25, 0.3) is 0 Å². The highest BCUT2D eigenvalue weighted by Gasteiger charge is 2.13. The highest BCUT2D eigenvalue weighted by molar-refractivity contribution is 5.41. The molecule has 0 fully saturated rings. The fourth-order valence-electron chi connectivity index (χ4n) is 2.73. The van der Waals surface area contributed by atoms with Gasteiger partial charge in [0.15, 0.2) is 0 Å². The SMILES string of the molecule is c1ccc(C(CCNc2ccncc2)c2ccccc2)cc1. The van der Waals surface area contributed by atoms with Crippen molar-refractivity contribution in [3.05, 3.63) is 96.3 Å². The molecule has 110 valence electrons. The van der Waals surface area contributed by atoms with E-state index in [9.17, 15) is 0 Å². The minimum absolute atomic E-state index is 0.414. The van der Waals surface area contributed by atoms with Gasteiger partial charge in [0, 0.05) is 30.5 Å². The van der Waals surface area contributed by atoms with Gasteiger partial charge in [-0.25, -0.2) is 0 Å². The van der Waals surface area contributed by atoms with Crippen molar-refractivity contribution in [1.82, 2.24) is 4.98 Å². The molecule has 22 heavy (non-hydrogen) atoms. The minimum atomic E-state index is 0.414. The first-order chi connectivity index (χ1) is 10.9. The number of benzene rings is 2. The Morgan fingerprint density at radius 2 is 1.27 bits per heavy atom. The first-order valence-corrected chi connectivity index (χ1v) is 7.67. The Hall–Kier alpha value is -2.61. The Labute approximate surface area is 131 Å². The van der Waals surface area contributed by atoms with E-state index in [4.69, 9.17) is 0 Å². The van der Waals surface area contributed by atoms with Gasteiger partial charge in [-0.15, -0.1) is 0 Å². The first kappa shape index (κ1) is 14.3. The van der Waals surface area contributed by atoms with Crippen molar-refractivity contribution in [2.75, 3.05) is 11.9 Å². The summed E-state index contributed by atoms with van der Waals surface area (Å²) in [6, 6.07) is 25.4. The normalized spacial score (nSPS) is 10.6. The number of pyridine rings is 1. The maximum absolute atomic E-state index is 4.04. The maximum atomic E-state index is 4.04. The van der Waals surface area contributed by atoms with Crippen LogP contribution in [0.25, 0.3) is 0 Å². The molecule has 0 aliphatic rings. The molecule has 1 heterocycles. The number of rotatable bonds is 6. The predicted molar refractivity (Wildman–Crippen MR) is 92.1 cm³/mol. The van der Waals surface area contributed by atoms with Crippen LogP contribution in [0.1, 0.15) is 23.5 Å². The summed E-state index contributed by atoms with van der Waals surface area (Å²) in [6.45, 7) is 0.929. The molecule has 0 saturated heterocycles. The summed E-state index contributed by atoms with van der Waals surface area (Å²) >= 11 is 0. The van der Waals surface area contributed by atoms with Crippen molar-refractivity contribution in [2.24, 2.45) is 0 Å². The van der Waals surface area contributed by atoms with Crippen LogP contribution < -0.4 is 5.32 Å². The molecule has 0 aliphatic carbocycles. The maximum Gasteiger partial charge on any atom is 0.0371 e. The largest absolute Gasteiger partial charge is 0.385 e. The highest BCUT2D eigenvalue weighted by Crippen LogP contribution is 2.27. The molecule has 1 aromatic heterocycles. The van der Waals surface area contributed by atoms with Crippen molar-refractivity contribution in [1.29, 1.82) is 0 Å². The predicted octanol–water partition coefficient (Wildman–Crippen LogP) is 4.72. The fourth-order valence-corrected chi connectivity index (χ4v) is 2.73. The third-order valence-corrected chi connectivity index (χ3v) is 3.85. The van der Waals surface area contributed by atoms with E-state index in [-0.39, 0.29) is 0 Å². The zero-order valence-electron chi connectivity index (χ0n) is 12.5. The lowest BCUT2D eigenvalue weighted by atomic mass is 9.88. The molecule has 2 heteroatoms. The molecule has 3 rings (SSSR count). The van der Waals surface area contributed by atoms with E-state index in [0.29, 0.717) is 5.92 Å². The summed E-state index contributed by atoms with van der Waals surface area (Å²) in [7, 11) is 0. The molecule has 0 bridgehead atoms. The smallest absolute Gasteiger partial charge is 0.0371 e. The average molecular weight is 288 g/mol. The van der Waals surface area contributed by atoms with E-state index in [1.807, 2.05) is 24.5 Å². The third kappa shape index (κ3) is 3.73. The second-order valence-electron chi connectivity index (χ2n) is 5.33. The van der Waals surface area contributed by atoms with Gasteiger partial charge in [0.2, 0.25) is 0 Å². The number of hydrogen-bond acceptors (Lipinski definition) is 2. The van der Waals surface area contributed by atoms with Crippen LogP contribution >= 0.6 is 0 Å². The van der Waals surface area contributed by atoms with Crippen molar-refractivity contribution in [3.63, 3.8) is 0 Å². The molecular formula is C20H20N2. The fraction of sp³-hybridized carbons (Fsp3) is 0.150. The van der Waals surface area contributed by atoms with Crippen LogP contribution in [0.15, 0.2) is 85.2 Å². The van der Waals surface area contributed by atoms with E-state index in [1.54, 1.807) is 0 Å². The van der Waals surface area contributed by atoms with Crippen molar-refractivity contribution in [2.45, 2.75) is 12.3 Å². The zero-order chi connectivity index (χ0) is 15.0. The molecular weight excluding hydrogens is 268 g/mol. The standard InChI is InChI=1S/C20H20N2/c1-3-7-17(8-4-1)20(18-9-5-2-6-10-18)13-16-22-19-11-14-21-15-12-19/h1-12,14-15,20H,13,16H2,(H,21,22). The summed E-state index contributed by atoms with van der Waals surface area (Å²) < 4.78 is 0. The lowest BCUT2D eigenvalue weighted by Gasteiger charge is -2.18. The van der Waals surface area contributed by atoms with Gasteiger partial charge < -0.3 is 5.32 Å². The van der Waals surface area contributed by atoms with Crippen LogP contribution in [-0.2, 0) is 0 Å². The van der Waals surface area contributed by atoms with Crippen molar-refractivity contribution >= 4 is 5.69 Å². The van der Waals surface area contributed by atoms with E-state index in [2.05, 4.69) is 71.0 Å². The van der Waals surface area contributed by atoms with Crippen molar-refractivity contribution < 1.29 is 0 Å². The molecule has 0 atom stereocenters. The van der Waals surface area contributed by atoms with E-state index in [1.165, 1.54) is 11.1 Å². The van der Waals surface area contributed by atoms with Crippen LogP contribution in [0.4, 0.5) is 5.69 Å². The molecule has 0 spiro atoms. The molecule has 0 aliphatic heterocycles. The Morgan fingerprint density at radius 1 is 0.727 bits per heavy atom. The van der Waals surface area contributed by atoms with Crippen LogP contribution in [-0.4, -0.2) is 11.5 Å². The van der Waals surface area contributed by atoms with E-state index >= 15 is 0 Å². The lowest BCUT2D eigenvalue weighted by molar-refractivity contribution is 0.744. The Balaban J connectivity index is 1.72. The molecule has 1 N–H and O–H groups in total. The van der Waals surface area contributed by atoms with Crippen LogP contribution in [0.2, 0.25) is 0 Å². The molecule has 3 aromatic rings. The molecule has 2 aromatic carbocycles. The molecule has 0 radical (unpaired) electrons. The second kappa shape index (κ2) is 7.41. The summed E-state index contributed by atoms with van der Waals surface area (Å²) in [5, 5.41) is 3.47. The highest BCUT2D eigenvalue weighted by atomic mass is 14.9. The van der Waals surface area contributed by atoms with Gasteiger partial charge in [-0.1, -0.05) is 60.7 Å². The van der Waals surface area contributed by atoms with Gasteiger partial charge in [0.05, 0.1) is 0 Å². The quantitative estimate of drug-likeness (QED) is 0.710. The zero-order valence-corrected chi connectivity index (χ0v) is 12.5. The summed E-state index contributed by atoms with van der Waals surface area (Å²) in [5.74, 6) is 0.414. The van der Waals surface area contributed by atoms with Crippen molar-refractivity contribution in [3.8, 4) is 0 Å². The monoisotopic (exact) mass is 288 g/mol.